The maximum atomic E-state index is 13.3. The maximum Gasteiger partial charge on any atom is 0.229 e. The quantitative estimate of drug-likeness (QED) is 0.742. The first kappa shape index (κ1) is 20.2. The predicted octanol–water partition coefficient (Wildman–Crippen LogP) is 0.0466. The summed E-state index contributed by atoms with van der Waals surface area (Å²) in [7, 11) is 0. The van der Waals surface area contributed by atoms with Gasteiger partial charge in [-0.15, -0.1) is 0 Å². The molecule has 0 unspecified atom stereocenters. The molecule has 2 bridgehead atoms. The summed E-state index contributed by atoms with van der Waals surface area (Å²) < 4.78 is 5.77. The lowest BCUT2D eigenvalue weighted by molar-refractivity contribution is -0.929. The Balaban J connectivity index is 1.31. The minimum absolute atomic E-state index is 0.0728. The van der Waals surface area contributed by atoms with Crippen LogP contribution in [0.3, 0.4) is 0 Å². The van der Waals surface area contributed by atoms with Gasteiger partial charge in [-0.05, 0) is 12.8 Å². The van der Waals surface area contributed by atoms with Gasteiger partial charge in [-0.2, -0.15) is 0 Å². The Hall–Kier alpha value is -2.70. The van der Waals surface area contributed by atoms with E-state index >= 15 is 0 Å². The average Bonchev–Trinajstić information content (AvgIpc) is 3.43. The molecule has 6 heteroatoms. The van der Waals surface area contributed by atoms with Crippen LogP contribution in [0.1, 0.15) is 30.0 Å². The number of hydrogen-bond donors (Lipinski definition) is 1. The van der Waals surface area contributed by atoms with E-state index in [1.54, 1.807) is 0 Å². The fourth-order valence-corrected chi connectivity index (χ4v) is 5.76. The normalized spacial score (nSPS) is 28.2. The highest BCUT2D eigenvalue weighted by Crippen LogP contribution is 2.44. The second kappa shape index (κ2) is 8.44. The number of carboxylic acid groups (broad SMARTS) is 1. The van der Waals surface area contributed by atoms with Gasteiger partial charge in [0.25, 0.3) is 0 Å². The predicted molar refractivity (Wildman–Crippen MR) is 112 cm³/mol. The molecule has 3 heterocycles. The van der Waals surface area contributed by atoms with Gasteiger partial charge in [0.2, 0.25) is 5.91 Å². The first-order valence-electron chi connectivity index (χ1n) is 11.2. The number of rotatable bonds is 5. The molecule has 0 radical (unpaired) electrons. The van der Waals surface area contributed by atoms with Crippen LogP contribution < -0.4 is 10.0 Å². The molecule has 1 amide bonds. The summed E-state index contributed by atoms with van der Waals surface area (Å²) >= 11 is 0. The van der Waals surface area contributed by atoms with Gasteiger partial charge in [-0.1, -0.05) is 60.7 Å². The van der Waals surface area contributed by atoms with Gasteiger partial charge in [0.15, 0.2) is 0 Å². The molecule has 3 aliphatic rings. The fourth-order valence-electron chi connectivity index (χ4n) is 5.76. The van der Waals surface area contributed by atoms with Gasteiger partial charge in [-0.25, -0.2) is 0 Å². The van der Waals surface area contributed by atoms with Crippen molar-refractivity contribution in [2.45, 2.75) is 31.1 Å². The van der Waals surface area contributed by atoms with E-state index in [1.807, 2.05) is 17.0 Å². The minimum Gasteiger partial charge on any atom is -0.550 e. The van der Waals surface area contributed by atoms with Crippen LogP contribution >= 0.6 is 0 Å². The smallest absolute Gasteiger partial charge is 0.229 e. The topological polar surface area (TPSA) is 74.1 Å². The third-order valence-corrected chi connectivity index (χ3v) is 7.22. The largest absolute Gasteiger partial charge is 0.550 e. The Bertz CT molecular complexity index is 888. The number of carboxylic acids is 1. The van der Waals surface area contributed by atoms with E-state index in [1.165, 1.54) is 16.0 Å². The molecule has 3 saturated heterocycles. The van der Waals surface area contributed by atoms with E-state index in [4.69, 9.17) is 4.74 Å². The molecule has 3 aliphatic heterocycles. The molecule has 6 nitrogen and oxygen atoms in total. The van der Waals surface area contributed by atoms with Crippen LogP contribution in [-0.2, 0) is 14.3 Å². The number of benzene rings is 2. The highest BCUT2D eigenvalue weighted by molar-refractivity contribution is 5.86. The third kappa shape index (κ3) is 3.75. The Morgan fingerprint density at radius 2 is 1.39 bits per heavy atom. The molecule has 31 heavy (non-hydrogen) atoms. The number of ether oxygens (including phenoxy) is 1. The molecule has 1 N–H and O–H groups in total. The zero-order valence-corrected chi connectivity index (χ0v) is 17.5. The van der Waals surface area contributed by atoms with Gasteiger partial charge >= 0.3 is 0 Å². The monoisotopic (exact) mass is 420 g/mol. The first-order valence-corrected chi connectivity index (χ1v) is 11.2. The molecule has 2 aromatic rings. The Morgan fingerprint density at radius 3 is 1.90 bits per heavy atom. The van der Waals surface area contributed by atoms with Crippen molar-refractivity contribution in [2.24, 2.45) is 11.8 Å². The van der Waals surface area contributed by atoms with Gasteiger partial charge in [-0.3, -0.25) is 4.79 Å². The lowest BCUT2D eigenvalue weighted by Crippen LogP contribution is -3.15. The molecule has 2 aromatic carbocycles. The van der Waals surface area contributed by atoms with Crippen molar-refractivity contribution in [3.63, 3.8) is 0 Å². The van der Waals surface area contributed by atoms with Gasteiger partial charge < -0.3 is 24.4 Å². The molecule has 4 atom stereocenters. The number of carbonyl (C=O) groups is 2. The van der Waals surface area contributed by atoms with Crippen LogP contribution in [0.25, 0.3) is 0 Å². The summed E-state index contributed by atoms with van der Waals surface area (Å²) in [6.07, 6.45) is 0.838. The van der Waals surface area contributed by atoms with Crippen molar-refractivity contribution in [1.29, 1.82) is 0 Å². The molecule has 0 aromatic heterocycles. The summed E-state index contributed by atoms with van der Waals surface area (Å²) in [4.78, 5) is 28.2. The SMILES string of the molecule is O=C([O-])[C@@H]1[C@@H](C(=O)N2CC[NH+](C(c3ccccc3)c3ccccc3)CC2)[C@@H]2CC[C@H]1O2. The molecule has 0 spiro atoms. The molecule has 0 aliphatic carbocycles. The lowest BCUT2D eigenvalue weighted by Gasteiger charge is -2.39. The van der Waals surface area contributed by atoms with Crippen molar-refractivity contribution in [3.05, 3.63) is 71.8 Å². The van der Waals surface area contributed by atoms with Crippen molar-refractivity contribution in [2.75, 3.05) is 26.2 Å². The van der Waals surface area contributed by atoms with Crippen LogP contribution in [0.4, 0.5) is 0 Å². The first-order chi connectivity index (χ1) is 15.1. The number of aliphatic carboxylic acids is 1. The Kier molecular flexibility index (Phi) is 5.50. The van der Waals surface area contributed by atoms with Crippen LogP contribution in [0.5, 0.6) is 0 Å². The Morgan fingerprint density at radius 1 is 0.871 bits per heavy atom. The van der Waals surface area contributed by atoms with E-state index in [0.29, 0.717) is 19.5 Å². The second-order valence-electron chi connectivity index (χ2n) is 8.90. The van der Waals surface area contributed by atoms with Crippen molar-refractivity contribution in [1.82, 2.24) is 4.90 Å². The number of nitrogens with one attached hydrogen (secondary N) is 1. The summed E-state index contributed by atoms with van der Waals surface area (Å²) in [5.74, 6) is -2.62. The molecule has 162 valence electrons. The van der Waals surface area contributed by atoms with E-state index in [2.05, 4.69) is 48.5 Å². The molecular weight excluding hydrogens is 392 g/mol. The van der Waals surface area contributed by atoms with Crippen molar-refractivity contribution in [3.8, 4) is 0 Å². The number of piperazine rings is 1. The molecule has 5 rings (SSSR count). The van der Waals surface area contributed by atoms with Crippen LogP contribution in [-0.4, -0.2) is 55.2 Å². The number of nitrogens with zero attached hydrogens (tertiary/aromatic N) is 1. The average molecular weight is 421 g/mol. The summed E-state index contributed by atoms with van der Waals surface area (Å²) in [5.41, 5.74) is 2.53. The highest BCUT2D eigenvalue weighted by Gasteiger charge is 2.54. The number of hydrogen-bond acceptors (Lipinski definition) is 4. The van der Waals surface area contributed by atoms with Gasteiger partial charge in [0.1, 0.15) is 6.04 Å². The maximum absolute atomic E-state index is 13.3. The third-order valence-electron chi connectivity index (χ3n) is 7.22. The van der Waals surface area contributed by atoms with Crippen LogP contribution in [0, 0.1) is 11.8 Å². The standard InChI is InChI=1S/C25H28N2O4/c28-24(21-19-11-12-20(31-19)22(21)25(29)30)27-15-13-26(14-16-27)23(17-7-3-1-4-8-17)18-9-5-2-6-10-18/h1-10,19-23H,11-16H2,(H,29,30)/t19-,20+,21-,22-/m0/s1. The minimum atomic E-state index is -1.15. The van der Waals surface area contributed by atoms with E-state index in [0.717, 1.165) is 19.5 Å². The number of carbonyl (C=O) groups excluding carboxylic acids is 2. The van der Waals surface area contributed by atoms with E-state index < -0.39 is 17.8 Å². The number of amides is 1. The summed E-state index contributed by atoms with van der Waals surface area (Å²) in [5, 5.41) is 11.7. The van der Waals surface area contributed by atoms with Crippen molar-refractivity contribution >= 4 is 11.9 Å². The molecule has 0 saturated carbocycles. The van der Waals surface area contributed by atoms with Gasteiger partial charge in [0, 0.05) is 23.0 Å². The zero-order chi connectivity index (χ0) is 21.4. The van der Waals surface area contributed by atoms with E-state index in [-0.39, 0.29) is 24.2 Å². The summed E-state index contributed by atoms with van der Waals surface area (Å²) in [6, 6.07) is 21.2. The van der Waals surface area contributed by atoms with Crippen LogP contribution in [0.15, 0.2) is 60.7 Å². The second-order valence-corrected chi connectivity index (χ2v) is 8.90. The molecule has 3 fully saturated rings. The van der Waals surface area contributed by atoms with Crippen LogP contribution in [0.2, 0.25) is 0 Å². The fraction of sp³-hybridized carbons (Fsp3) is 0.440. The summed E-state index contributed by atoms with van der Waals surface area (Å²) in [6.45, 7) is 2.88. The molecular formula is C25H28N2O4. The number of fused-ring (bicyclic) bond motifs is 2. The number of quaternary nitrogens is 1. The van der Waals surface area contributed by atoms with Crippen molar-refractivity contribution < 1.29 is 24.3 Å². The highest BCUT2D eigenvalue weighted by atomic mass is 16.5. The Labute approximate surface area is 182 Å². The van der Waals surface area contributed by atoms with E-state index in [9.17, 15) is 14.7 Å². The zero-order valence-electron chi connectivity index (χ0n) is 17.5. The lowest BCUT2D eigenvalue weighted by atomic mass is 9.78. The van der Waals surface area contributed by atoms with Gasteiger partial charge in [0.05, 0.1) is 44.3 Å².